The average molecular weight is 277 g/mol. The zero-order valence-corrected chi connectivity index (χ0v) is 11.5. The number of furan rings is 1. The van der Waals surface area contributed by atoms with E-state index in [1.54, 1.807) is 6.20 Å². The highest BCUT2D eigenvalue weighted by molar-refractivity contribution is 5.56. The van der Waals surface area contributed by atoms with Gasteiger partial charge in [-0.3, -0.25) is 5.10 Å². The van der Waals surface area contributed by atoms with Crippen molar-refractivity contribution in [2.75, 3.05) is 19.8 Å². The molecular formula is C14H19N3O3. The summed E-state index contributed by atoms with van der Waals surface area (Å²) in [5.74, 6) is 1.64. The standard InChI is InChI=1S/C14H19N3O3/c1-10-2-3-12(20-10)13-11(7-16-17-13)6-15-8-14(18)4-5-19-9-14/h2-3,7,15,18H,4-6,8-9H2,1H3,(H,16,17)/t14-/m1/s1. The minimum absolute atomic E-state index is 0.398. The third-order valence-electron chi connectivity index (χ3n) is 3.56. The first-order valence-corrected chi connectivity index (χ1v) is 6.76. The minimum atomic E-state index is -0.745. The zero-order valence-electron chi connectivity index (χ0n) is 11.5. The Morgan fingerprint density at radius 2 is 2.40 bits per heavy atom. The molecule has 0 aromatic carbocycles. The number of hydrogen-bond acceptors (Lipinski definition) is 5. The molecule has 1 saturated heterocycles. The van der Waals surface area contributed by atoms with E-state index in [4.69, 9.17) is 9.15 Å². The van der Waals surface area contributed by atoms with Gasteiger partial charge in [-0.1, -0.05) is 0 Å². The summed E-state index contributed by atoms with van der Waals surface area (Å²) in [7, 11) is 0. The lowest BCUT2D eigenvalue weighted by Gasteiger charge is -2.20. The van der Waals surface area contributed by atoms with Crippen molar-refractivity contribution in [2.24, 2.45) is 0 Å². The number of aliphatic hydroxyl groups is 1. The molecule has 1 atom stereocenters. The molecule has 0 bridgehead atoms. The summed E-state index contributed by atoms with van der Waals surface area (Å²) in [6.07, 6.45) is 2.45. The van der Waals surface area contributed by atoms with Crippen molar-refractivity contribution in [3.8, 4) is 11.5 Å². The molecule has 3 N–H and O–H groups in total. The van der Waals surface area contributed by atoms with Crippen LogP contribution in [-0.2, 0) is 11.3 Å². The molecule has 108 valence electrons. The van der Waals surface area contributed by atoms with E-state index in [-0.39, 0.29) is 0 Å². The minimum Gasteiger partial charge on any atom is -0.460 e. The number of aryl methyl sites for hydroxylation is 1. The third-order valence-corrected chi connectivity index (χ3v) is 3.56. The number of ether oxygens (including phenoxy) is 1. The smallest absolute Gasteiger partial charge is 0.152 e. The van der Waals surface area contributed by atoms with Crippen molar-refractivity contribution >= 4 is 0 Å². The maximum Gasteiger partial charge on any atom is 0.152 e. The highest BCUT2D eigenvalue weighted by Gasteiger charge is 2.31. The molecule has 20 heavy (non-hydrogen) atoms. The summed E-state index contributed by atoms with van der Waals surface area (Å²) in [5.41, 5.74) is 1.15. The summed E-state index contributed by atoms with van der Waals surface area (Å²) < 4.78 is 10.8. The van der Waals surface area contributed by atoms with Crippen LogP contribution in [-0.4, -0.2) is 40.7 Å². The highest BCUT2D eigenvalue weighted by Crippen LogP contribution is 2.23. The molecule has 6 heteroatoms. The first-order valence-electron chi connectivity index (χ1n) is 6.76. The maximum atomic E-state index is 10.2. The van der Waals surface area contributed by atoms with Crippen molar-refractivity contribution in [3.05, 3.63) is 29.7 Å². The van der Waals surface area contributed by atoms with Gasteiger partial charge < -0.3 is 19.6 Å². The Bertz CT molecular complexity index is 570. The molecule has 3 heterocycles. The van der Waals surface area contributed by atoms with E-state index in [0.29, 0.717) is 32.7 Å². The zero-order chi connectivity index (χ0) is 14.0. The van der Waals surface area contributed by atoms with E-state index in [1.807, 2.05) is 19.1 Å². The predicted octanol–water partition coefficient (Wildman–Crippen LogP) is 1.22. The summed E-state index contributed by atoms with van der Waals surface area (Å²) in [4.78, 5) is 0. The second-order valence-electron chi connectivity index (χ2n) is 5.31. The molecule has 0 saturated carbocycles. The second-order valence-corrected chi connectivity index (χ2v) is 5.31. The van der Waals surface area contributed by atoms with E-state index < -0.39 is 5.60 Å². The molecular weight excluding hydrogens is 258 g/mol. The number of aromatic nitrogens is 2. The highest BCUT2D eigenvalue weighted by atomic mass is 16.5. The number of aromatic amines is 1. The van der Waals surface area contributed by atoms with Crippen molar-refractivity contribution in [1.29, 1.82) is 0 Å². The first-order chi connectivity index (χ1) is 9.66. The number of rotatable bonds is 5. The lowest BCUT2D eigenvalue weighted by molar-refractivity contribution is 0.0268. The van der Waals surface area contributed by atoms with Crippen LogP contribution in [0.4, 0.5) is 0 Å². The molecule has 2 aromatic rings. The topological polar surface area (TPSA) is 83.3 Å². The van der Waals surface area contributed by atoms with Crippen LogP contribution in [0.5, 0.6) is 0 Å². The first kappa shape index (κ1) is 13.4. The van der Waals surface area contributed by atoms with Gasteiger partial charge in [0.05, 0.1) is 12.8 Å². The fourth-order valence-electron chi connectivity index (χ4n) is 2.39. The predicted molar refractivity (Wildman–Crippen MR) is 73.1 cm³/mol. The molecule has 3 rings (SSSR count). The van der Waals surface area contributed by atoms with E-state index in [1.165, 1.54) is 0 Å². The van der Waals surface area contributed by atoms with Gasteiger partial charge in [0.1, 0.15) is 17.1 Å². The van der Waals surface area contributed by atoms with Gasteiger partial charge in [0.15, 0.2) is 5.76 Å². The summed E-state index contributed by atoms with van der Waals surface area (Å²) in [5, 5.41) is 20.5. The Labute approximate surface area is 117 Å². The van der Waals surface area contributed by atoms with Gasteiger partial charge in [0.25, 0.3) is 0 Å². The molecule has 0 spiro atoms. The van der Waals surface area contributed by atoms with Crippen LogP contribution in [0, 0.1) is 6.92 Å². The Morgan fingerprint density at radius 3 is 3.10 bits per heavy atom. The molecule has 0 aliphatic carbocycles. The summed E-state index contributed by atoms with van der Waals surface area (Å²) >= 11 is 0. The second kappa shape index (κ2) is 5.40. The lowest BCUT2D eigenvalue weighted by atomic mass is 10.0. The van der Waals surface area contributed by atoms with Gasteiger partial charge in [-0.2, -0.15) is 5.10 Å². The average Bonchev–Trinajstić information content (AvgIpc) is 3.11. The summed E-state index contributed by atoms with van der Waals surface area (Å²) in [6.45, 7) is 4.06. The Hall–Kier alpha value is -1.63. The van der Waals surface area contributed by atoms with Gasteiger partial charge in [0.2, 0.25) is 0 Å². The van der Waals surface area contributed by atoms with Crippen LogP contribution in [0.1, 0.15) is 17.7 Å². The van der Waals surface area contributed by atoms with Gasteiger partial charge in [-0.15, -0.1) is 0 Å². The molecule has 1 aliphatic rings. The van der Waals surface area contributed by atoms with Gasteiger partial charge in [-0.25, -0.2) is 0 Å². The van der Waals surface area contributed by atoms with Gasteiger partial charge in [-0.05, 0) is 19.1 Å². The van der Waals surface area contributed by atoms with E-state index in [2.05, 4.69) is 15.5 Å². The molecule has 0 unspecified atom stereocenters. The van der Waals surface area contributed by atoms with Crippen LogP contribution in [0.15, 0.2) is 22.7 Å². The molecule has 0 amide bonds. The van der Waals surface area contributed by atoms with Gasteiger partial charge >= 0.3 is 0 Å². The lowest BCUT2D eigenvalue weighted by Crippen LogP contribution is -2.40. The van der Waals surface area contributed by atoms with Gasteiger partial charge in [0, 0.05) is 31.7 Å². The van der Waals surface area contributed by atoms with Crippen LogP contribution in [0.3, 0.4) is 0 Å². The molecule has 1 fully saturated rings. The van der Waals surface area contributed by atoms with Crippen molar-refractivity contribution in [1.82, 2.24) is 15.5 Å². The monoisotopic (exact) mass is 277 g/mol. The molecule has 0 radical (unpaired) electrons. The molecule has 6 nitrogen and oxygen atoms in total. The van der Waals surface area contributed by atoms with Crippen LogP contribution < -0.4 is 5.32 Å². The number of nitrogens with one attached hydrogen (secondary N) is 2. The maximum absolute atomic E-state index is 10.2. The number of H-pyrrole nitrogens is 1. The molecule has 2 aromatic heterocycles. The SMILES string of the molecule is Cc1ccc(-c2[nH]ncc2CNC[C@]2(O)CCOC2)o1. The largest absolute Gasteiger partial charge is 0.460 e. The van der Waals surface area contributed by atoms with Crippen molar-refractivity contribution < 1.29 is 14.3 Å². The number of hydrogen-bond donors (Lipinski definition) is 3. The van der Waals surface area contributed by atoms with Crippen LogP contribution >= 0.6 is 0 Å². The van der Waals surface area contributed by atoms with Crippen molar-refractivity contribution in [2.45, 2.75) is 25.5 Å². The normalized spacial score (nSPS) is 22.5. The van der Waals surface area contributed by atoms with Crippen molar-refractivity contribution in [3.63, 3.8) is 0 Å². The quantitative estimate of drug-likeness (QED) is 0.765. The third kappa shape index (κ3) is 2.77. The van der Waals surface area contributed by atoms with Crippen LogP contribution in [0.2, 0.25) is 0 Å². The molecule has 1 aliphatic heterocycles. The Morgan fingerprint density at radius 1 is 1.50 bits per heavy atom. The fourth-order valence-corrected chi connectivity index (χ4v) is 2.39. The van der Waals surface area contributed by atoms with E-state index in [0.717, 1.165) is 22.8 Å². The fraction of sp³-hybridized carbons (Fsp3) is 0.500. The summed E-state index contributed by atoms with van der Waals surface area (Å²) in [6, 6.07) is 3.84. The Kier molecular flexibility index (Phi) is 3.60. The number of nitrogens with zero attached hydrogens (tertiary/aromatic N) is 1. The van der Waals surface area contributed by atoms with E-state index >= 15 is 0 Å². The van der Waals surface area contributed by atoms with Crippen LogP contribution in [0.25, 0.3) is 11.5 Å². The van der Waals surface area contributed by atoms with E-state index in [9.17, 15) is 5.11 Å². The Balaban J connectivity index is 1.62.